The van der Waals surface area contributed by atoms with E-state index in [9.17, 15) is 38.7 Å². The number of carbonyl (C=O) groups is 7. The maximum atomic E-state index is 12.9. The Bertz CT molecular complexity index is 866. The van der Waals surface area contributed by atoms with E-state index in [4.69, 9.17) is 9.84 Å². The van der Waals surface area contributed by atoms with E-state index in [1.54, 1.807) is 0 Å². The fourth-order valence-corrected chi connectivity index (χ4v) is 4.69. The normalized spacial score (nSPS) is 12.8. The molecule has 0 saturated carbocycles. The highest BCUT2D eigenvalue weighted by molar-refractivity contribution is 5.94. The van der Waals surface area contributed by atoms with E-state index in [0.717, 1.165) is 25.7 Å². The van der Waals surface area contributed by atoms with Gasteiger partial charge in [-0.15, -0.1) is 0 Å². The first-order valence-electron chi connectivity index (χ1n) is 15.8. The van der Waals surface area contributed by atoms with Crippen LogP contribution in [0.1, 0.15) is 129 Å². The minimum atomic E-state index is -1.54. The van der Waals surface area contributed by atoms with Gasteiger partial charge in [0.2, 0.25) is 11.8 Å². The van der Waals surface area contributed by atoms with Gasteiger partial charge in [-0.3, -0.25) is 28.8 Å². The second-order valence-electron chi connectivity index (χ2n) is 11.0. The Labute approximate surface area is 260 Å². The number of ketones is 1. The maximum absolute atomic E-state index is 12.9. The van der Waals surface area contributed by atoms with Crippen LogP contribution in [-0.4, -0.2) is 77.5 Å². The third kappa shape index (κ3) is 23.0. The molecule has 0 aromatic heterocycles. The molecule has 0 fully saturated rings. The number of carbonyl (C=O) groups excluding carboxylic acids is 5. The van der Waals surface area contributed by atoms with Crippen molar-refractivity contribution in [1.29, 1.82) is 0 Å². The molecule has 0 aliphatic carbocycles. The van der Waals surface area contributed by atoms with Crippen molar-refractivity contribution < 1.29 is 53.2 Å². The number of rotatable bonds is 31. The summed E-state index contributed by atoms with van der Waals surface area (Å²) in [7, 11) is 0. The maximum Gasteiger partial charge on any atom is 0.326 e. The number of amides is 2. The summed E-state index contributed by atoms with van der Waals surface area (Å²) in [5.41, 5.74) is 0. The van der Waals surface area contributed by atoms with Gasteiger partial charge in [0.25, 0.3) is 12.9 Å². The van der Waals surface area contributed by atoms with E-state index in [0.29, 0.717) is 6.42 Å². The van der Waals surface area contributed by atoms with Gasteiger partial charge in [-0.2, -0.15) is 0 Å². The minimum absolute atomic E-state index is 0.0295. The lowest BCUT2D eigenvalue weighted by Crippen LogP contribution is -2.52. The fraction of sp³-hybridized carbons (Fsp3) is 0.774. The van der Waals surface area contributed by atoms with E-state index in [-0.39, 0.29) is 38.8 Å². The molecule has 0 radical (unpaired) electrons. The van der Waals surface area contributed by atoms with Crippen molar-refractivity contribution in [1.82, 2.24) is 10.6 Å². The molecule has 13 nitrogen and oxygen atoms in total. The lowest BCUT2D eigenvalue weighted by atomic mass is 10.0. The Morgan fingerprint density at radius 2 is 1.25 bits per heavy atom. The van der Waals surface area contributed by atoms with Gasteiger partial charge in [0.15, 0.2) is 0 Å². The van der Waals surface area contributed by atoms with Gasteiger partial charge in [-0.25, -0.2) is 4.79 Å². The summed E-state index contributed by atoms with van der Waals surface area (Å²) in [6, 6.07) is -2.97. The molecule has 44 heavy (non-hydrogen) atoms. The van der Waals surface area contributed by atoms with Crippen molar-refractivity contribution in [3.8, 4) is 0 Å². The Balaban J connectivity index is 4.88. The standard InChI is InChI=1S/C31H52N2O11/c1-2-3-4-5-6-7-8-9-10-11-12-13-14-15-28(37)32-27(30(40)33-26(31(41)42)16-17-29(38)39)21-24(36)20-25(44-23-35)18-19-43-22-34/h22-23,25-27H,2-21H2,1H3,(H,32,37)(H,33,40)(H,38,39)(H,41,42). The molecule has 3 unspecified atom stereocenters. The molecule has 0 bridgehead atoms. The second-order valence-corrected chi connectivity index (χ2v) is 11.0. The zero-order valence-corrected chi connectivity index (χ0v) is 26.1. The van der Waals surface area contributed by atoms with Crippen molar-refractivity contribution >= 4 is 42.5 Å². The SMILES string of the molecule is CCCCCCCCCCCCCCCC(=O)NC(CC(=O)CC(CCOC=O)OC=O)C(=O)NC(CCC(=O)O)C(=O)O. The number of aliphatic carboxylic acids is 2. The summed E-state index contributed by atoms with van der Waals surface area (Å²) in [6.07, 6.45) is 12.2. The van der Waals surface area contributed by atoms with E-state index in [1.165, 1.54) is 51.4 Å². The van der Waals surface area contributed by atoms with Crippen molar-refractivity contribution in [2.24, 2.45) is 0 Å². The highest BCUT2D eigenvalue weighted by atomic mass is 16.5. The Hall–Kier alpha value is -3.51. The van der Waals surface area contributed by atoms with Crippen molar-refractivity contribution in [2.75, 3.05) is 6.61 Å². The highest BCUT2D eigenvalue weighted by Gasteiger charge is 2.29. The van der Waals surface area contributed by atoms with Crippen LogP contribution in [0.25, 0.3) is 0 Å². The van der Waals surface area contributed by atoms with E-state index in [2.05, 4.69) is 22.3 Å². The third-order valence-corrected chi connectivity index (χ3v) is 7.18. The summed E-state index contributed by atoms with van der Waals surface area (Å²) in [5, 5.41) is 23.0. The van der Waals surface area contributed by atoms with Crippen LogP contribution in [0.3, 0.4) is 0 Å². The van der Waals surface area contributed by atoms with Crippen molar-refractivity contribution in [3.05, 3.63) is 0 Å². The van der Waals surface area contributed by atoms with Gasteiger partial charge in [0.1, 0.15) is 24.0 Å². The number of hydrogen-bond acceptors (Lipinski definition) is 9. The summed E-state index contributed by atoms with van der Waals surface area (Å²) in [4.78, 5) is 82.0. The molecule has 0 aliphatic heterocycles. The number of carboxylic acids is 2. The quantitative estimate of drug-likeness (QED) is 0.0641. The van der Waals surface area contributed by atoms with Crippen LogP contribution in [0.5, 0.6) is 0 Å². The predicted molar refractivity (Wildman–Crippen MR) is 160 cm³/mol. The number of nitrogens with one attached hydrogen (secondary N) is 2. The van der Waals surface area contributed by atoms with Crippen molar-refractivity contribution in [2.45, 2.75) is 147 Å². The van der Waals surface area contributed by atoms with Gasteiger partial charge in [-0.1, -0.05) is 84.0 Å². The Morgan fingerprint density at radius 1 is 0.682 bits per heavy atom. The zero-order chi connectivity index (χ0) is 33.0. The summed E-state index contributed by atoms with van der Waals surface area (Å²) in [5.74, 6) is -4.71. The molecule has 252 valence electrons. The molecule has 0 heterocycles. The van der Waals surface area contributed by atoms with Gasteiger partial charge in [-0.05, 0) is 12.8 Å². The minimum Gasteiger partial charge on any atom is -0.481 e. The van der Waals surface area contributed by atoms with Crippen LogP contribution in [-0.2, 0) is 43.0 Å². The zero-order valence-electron chi connectivity index (χ0n) is 26.1. The third-order valence-electron chi connectivity index (χ3n) is 7.18. The van der Waals surface area contributed by atoms with Crippen LogP contribution in [0, 0.1) is 0 Å². The van der Waals surface area contributed by atoms with Crippen LogP contribution in [0.15, 0.2) is 0 Å². The van der Waals surface area contributed by atoms with Gasteiger partial charge in [0.05, 0.1) is 6.61 Å². The van der Waals surface area contributed by atoms with Crippen LogP contribution < -0.4 is 10.6 Å². The lowest BCUT2D eigenvalue weighted by molar-refractivity contribution is -0.143. The fourth-order valence-electron chi connectivity index (χ4n) is 4.69. The number of ether oxygens (including phenoxy) is 2. The number of carboxylic acid groups (broad SMARTS) is 2. The van der Waals surface area contributed by atoms with Gasteiger partial charge in [0, 0.05) is 32.1 Å². The molecule has 2 amide bonds. The molecule has 13 heteroatoms. The molecule has 4 N–H and O–H groups in total. The second kappa shape index (κ2) is 27.1. The first kappa shape index (κ1) is 40.5. The van der Waals surface area contributed by atoms with E-state index < -0.39 is 67.0 Å². The van der Waals surface area contributed by atoms with Crippen LogP contribution in [0.2, 0.25) is 0 Å². The molecule has 0 saturated heterocycles. The van der Waals surface area contributed by atoms with Crippen LogP contribution >= 0.6 is 0 Å². The summed E-state index contributed by atoms with van der Waals surface area (Å²) >= 11 is 0. The molecule has 0 aromatic rings. The molecular weight excluding hydrogens is 576 g/mol. The average molecular weight is 629 g/mol. The molecule has 0 spiro atoms. The number of unbranched alkanes of at least 4 members (excludes halogenated alkanes) is 12. The molecule has 0 aromatic carbocycles. The topological polar surface area (TPSA) is 202 Å². The predicted octanol–water partition coefficient (Wildman–Crippen LogP) is 3.84. The first-order chi connectivity index (χ1) is 21.1. The highest BCUT2D eigenvalue weighted by Crippen LogP contribution is 2.14. The molecule has 3 atom stereocenters. The summed E-state index contributed by atoms with van der Waals surface area (Å²) in [6.45, 7) is 2.44. The Morgan fingerprint density at radius 3 is 1.75 bits per heavy atom. The number of hydrogen-bond donors (Lipinski definition) is 4. The van der Waals surface area contributed by atoms with E-state index in [1.807, 2.05) is 0 Å². The smallest absolute Gasteiger partial charge is 0.326 e. The largest absolute Gasteiger partial charge is 0.481 e. The first-order valence-corrected chi connectivity index (χ1v) is 15.8. The molecule has 0 rings (SSSR count). The van der Waals surface area contributed by atoms with E-state index >= 15 is 0 Å². The van der Waals surface area contributed by atoms with Gasteiger partial charge >= 0.3 is 11.9 Å². The lowest BCUT2D eigenvalue weighted by Gasteiger charge is -2.22. The number of Topliss-reactive ketones (excluding diaryl/α,β-unsaturated/α-hetero) is 1. The van der Waals surface area contributed by atoms with Gasteiger partial charge < -0.3 is 30.3 Å². The Kier molecular flexibility index (Phi) is 24.9. The monoisotopic (exact) mass is 628 g/mol. The van der Waals surface area contributed by atoms with Crippen molar-refractivity contribution in [3.63, 3.8) is 0 Å². The molecular formula is C31H52N2O11. The average Bonchev–Trinajstić information content (AvgIpc) is 2.97. The summed E-state index contributed by atoms with van der Waals surface area (Å²) < 4.78 is 9.41. The molecule has 0 aliphatic rings. The van der Waals surface area contributed by atoms with Crippen LogP contribution in [0.4, 0.5) is 0 Å².